The Hall–Kier alpha value is -1.59. The minimum atomic E-state index is -0.502. The Kier molecular flexibility index (Phi) is 5.88. The van der Waals surface area contributed by atoms with Crippen LogP contribution in [0.15, 0.2) is 24.3 Å². The molecular formula is C18H25ClN2O3. The molecular weight excluding hydrogens is 328 g/mol. The summed E-state index contributed by atoms with van der Waals surface area (Å²) in [4.78, 5) is 28.4. The monoisotopic (exact) mass is 352 g/mol. The summed E-state index contributed by atoms with van der Waals surface area (Å²) in [5.41, 5.74) is 0.153. The average Bonchev–Trinajstić information content (AvgIpc) is 2.46. The van der Waals surface area contributed by atoms with Crippen molar-refractivity contribution in [3.05, 3.63) is 34.9 Å². The molecule has 5 nitrogen and oxygen atoms in total. The molecule has 1 aliphatic heterocycles. The Morgan fingerprint density at radius 2 is 1.83 bits per heavy atom. The van der Waals surface area contributed by atoms with Gasteiger partial charge in [-0.15, -0.1) is 0 Å². The van der Waals surface area contributed by atoms with E-state index in [1.807, 2.05) is 27.7 Å². The van der Waals surface area contributed by atoms with Crippen LogP contribution in [0.1, 0.15) is 38.1 Å². The average molecular weight is 353 g/mol. The number of carbonyl (C=O) groups excluding carboxylic acids is 2. The zero-order chi connectivity index (χ0) is 17.9. The van der Waals surface area contributed by atoms with Crippen molar-refractivity contribution in [2.75, 3.05) is 26.2 Å². The van der Waals surface area contributed by atoms with Crippen LogP contribution in [-0.4, -0.2) is 59.5 Å². The Morgan fingerprint density at radius 3 is 2.38 bits per heavy atom. The number of benzene rings is 1. The molecule has 1 atom stereocenters. The zero-order valence-electron chi connectivity index (χ0n) is 14.7. The van der Waals surface area contributed by atoms with Gasteiger partial charge in [0, 0.05) is 36.3 Å². The summed E-state index contributed by atoms with van der Waals surface area (Å²) < 4.78 is 5.43. The summed E-state index contributed by atoms with van der Waals surface area (Å²) in [6.45, 7) is 9.76. The Labute approximate surface area is 148 Å². The Balaban J connectivity index is 1.90. The lowest BCUT2D eigenvalue weighted by Gasteiger charge is -2.40. The molecule has 1 heterocycles. The van der Waals surface area contributed by atoms with Crippen molar-refractivity contribution in [1.29, 1.82) is 0 Å². The molecule has 0 spiro atoms. The highest BCUT2D eigenvalue weighted by molar-refractivity contribution is 6.30. The minimum absolute atomic E-state index is 0.00613. The number of hydrogen-bond donors (Lipinski definition) is 0. The van der Waals surface area contributed by atoms with E-state index in [0.717, 1.165) is 0 Å². The van der Waals surface area contributed by atoms with Crippen LogP contribution in [0.2, 0.25) is 5.02 Å². The number of rotatable bonds is 3. The van der Waals surface area contributed by atoms with Crippen LogP contribution in [0.4, 0.5) is 4.79 Å². The Bertz CT molecular complexity index is 595. The largest absolute Gasteiger partial charge is 0.444 e. The van der Waals surface area contributed by atoms with Crippen molar-refractivity contribution in [3.8, 4) is 0 Å². The van der Waals surface area contributed by atoms with E-state index in [-0.39, 0.29) is 17.9 Å². The van der Waals surface area contributed by atoms with E-state index in [2.05, 4.69) is 4.90 Å². The summed E-state index contributed by atoms with van der Waals surface area (Å²) in [6, 6.07) is 6.93. The molecule has 132 valence electrons. The third kappa shape index (κ3) is 5.21. The van der Waals surface area contributed by atoms with Gasteiger partial charge in [0.2, 0.25) is 0 Å². The van der Waals surface area contributed by atoms with Crippen LogP contribution in [0.5, 0.6) is 0 Å². The fourth-order valence-corrected chi connectivity index (χ4v) is 2.82. The summed E-state index contributed by atoms with van der Waals surface area (Å²) in [5.74, 6) is 0.0598. The maximum Gasteiger partial charge on any atom is 0.410 e. The van der Waals surface area contributed by atoms with Gasteiger partial charge in [0.1, 0.15) is 5.60 Å². The van der Waals surface area contributed by atoms with Crippen LogP contribution in [0.3, 0.4) is 0 Å². The van der Waals surface area contributed by atoms with Crippen molar-refractivity contribution < 1.29 is 14.3 Å². The third-order valence-corrected chi connectivity index (χ3v) is 4.13. The van der Waals surface area contributed by atoms with Crippen LogP contribution in [0, 0.1) is 0 Å². The van der Waals surface area contributed by atoms with Gasteiger partial charge < -0.3 is 9.64 Å². The predicted molar refractivity (Wildman–Crippen MR) is 94.6 cm³/mol. The first-order valence-corrected chi connectivity index (χ1v) is 8.54. The second-order valence-corrected chi connectivity index (χ2v) is 7.62. The number of hydrogen-bond acceptors (Lipinski definition) is 4. The second-order valence-electron chi connectivity index (χ2n) is 7.19. The van der Waals surface area contributed by atoms with Crippen molar-refractivity contribution >= 4 is 23.5 Å². The molecule has 1 fully saturated rings. The SMILES string of the molecule is C[C@@H]1CN(CC(=O)c2ccc(Cl)cc2)CCN1C(=O)OC(C)(C)C. The van der Waals surface area contributed by atoms with E-state index in [4.69, 9.17) is 16.3 Å². The predicted octanol–water partition coefficient (Wildman–Crippen LogP) is 3.46. The number of carbonyl (C=O) groups is 2. The maximum absolute atomic E-state index is 12.3. The molecule has 0 N–H and O–H groups in total. The summed E-state index contributed by atoms with van der Waals surface area (Å²) in [5, 5.41) is 0.617. The highest BCUT2D eigenvalue weighted by atomic mass is 35.5. The number of ketones is 1. The quantitative estimate of drug-likeness (QED) is 0.782. The number of Topliss-reactive ketones (excluding diaryl/α,β-unsaturated/α-hetero) is 1. The summed E-state index contributed by atoms with van der Waals surface area (Å²) in [6.07, 6.45) is -0.293. The molecule has 1 amide bonds. The van der Waals surface area contributed by atoms with Crippen molar-refractivity contribution in [1.82, 2.24) is 9.80 Å². The third-order valence-electron chi connectivity index (χ3n) is 3.87. The van der Waals surface area contributed by atoms with E-state index < -0.39 is 5.60 Å². The van der Waals surface area contributed by atoms with Gasteiger partial charge >= 0.3 is 6.09 Å². The van der Waals surface area contributed by atoms with Crippen LogP contribution in [0.25, 0.3) is 0 Å². The van der Waals surface area contributed by atoms with E-state index in [1.165, 1.54) is 0 Å². The normalized spacial score (nSPS) is 19.2. The molecule has 0 radical (unpaired) electrons. The van der Waals surface area contributed by atoms with Crippen molar-refractivity contribution in [2.24, 2.45) is 0 Å². The summed E-state index contributed by atoms with van der Waals surface area (Å²) >= 11 is 5.85. The molecule has 1 saturated heterocycles. The van der Waals surface area contributed by atoms with Gasteiger partial charge in [0.05, 0.1) is 6.54 Å². The smallest absolute Gasteiger partial charge is 0.410 e. The van der Waals surface area contributed by atoms with Gasteiger partial charge in [0.15, 0.2) is 5.78 Å². The number of piperazine rings is 1. The number of amides is 1. The van der Waals surface area contributed by atoms with Crippen molar-refractivity contribution in [3.63, 3.8) is 0 Å². The molecule has 1 aliphatic rings. The summed E-state index contributed by atoms with van der Waals surface area (Å²) in [7, 11) is 0. The van der Waals surface area contributed by atoms with Gasteiger partial charge in [-0.3, -0.25) is 9.69 Å². The van der Waals surface area contributed by atoms with E-state index in [1.54, 1.807) is 29.2 Å². The minimum Gasteiger partial charge on any atom is -0.444 e. The Morgan fingerprint density at radius 1 is 1.21 bits per heavy atom. The highest BCUT2D eigenvalue weighted by Crippen LogP contribution is 2.16. The first-order chi connectivity index (χ1) is 11.2. The topological polar surface area (TPSA) is 49.9 Å². The van der Waals surface area contributed by atoms with Gasteiger partial charge in [-0.2, -0.15) is 0 Å². The van der Waals surface area contributed by atoms with E-state index in [0.29, 0.717) is 36.8 Å². The lowest BCUT2D eigenvalue weighted by atomic mass is 10.1. The molecule has 1 aromatic rings. The zero-order valence-corrected chi connectivity index (χ0v) is 15.5. The second kappa shape index (κ2) is 7.53. The van der Waals surface area contributed by atoms with Gasteiger partial charge in [0.25, 0.3) is 0 Å². The fourth-order valence-electron chi connectivity index (χ4n) is 2.70. The van der Waals surface area contributed by atoms with Crippen LogP contribution >= 0.6 is 11.6 Å². The molecule has 0 bridgehead atoms. The van der Waals surface area contributed by atoms with E-state index >= 15 is 0 Å². The molecule has 0 aromatic heterocycles. The lowest BCUT2D eigenvalue weighted by Crippen LogP contribution is -2.55. The highest BCUT2D eigenvalue weighted by Gasteiger charge is 2.31. The van der Waals surface area contributed by atoms with Crippen molar-refractivity contribution in [2.45, 2.75) is 39.3 Å². The number of nitrogens with zero attached hydrogens (tertiary/aromatic N) is 2. The van der Waals surface area contributed by atoms with Gasteiger partial charge in [-0.25, -0.2) is 4.79 Å². The molecule has 2 rings (SSSR count). The number of halogens is 1. The lowest BCUT2D eigenvalue weighted by molar-refractivity contribution is 0.00220. The molecule has 1 aromatic carbocycles. The van der Waals surface area contributed by atoms with Gasteiger partial charge in [-0.05, 0) is 52.0 Å². The van der Waals surface area contributed by atoms with Gasteiger partial charge in [-0.1, -0.05) is 11.6 Å². The standard InChI is InChI=1S/C18H25ClN2O3/c1-13-11-20(9-10-21(13)17(23)24-18(2,3)4)12-16(22)14-5-7-15(19)8-6-14/h5-8,13H,9-12H2,1-4H3/t13-/m1/s1. The van der Waals surface area contributed by atoms with Crippen LogP contribution < -0.4 is 0 Å². The maximum atomic E-state index is 12.3. The molecule has 6 heteroatoms. The molecule has 0 unspecified atom stereocenters. The van der Waals surface area contributed by atoms with E-state index in [9.17, 15) is 9.59 Å². The molecule has 24 heavy (non-hydrogen) atoms. The first kappa shape index (κ1) is 18.7. The molecule has 0 saturated carbocycles. The fraction of sp³-hybridized carbons (Fsp3) is 0.556. The first-order valence-electron chi connectivity index (χ1n) is 8.16. The van der Waals surface area contributed by atoms with Crippen LogP contribution in [-0.2, 0) is 4.74 Å². The molecule has 0 aliphatic carbocycles. The number of ether oxygens (including phenoxy) is 1.